The summed E-state index contributed by atoms with van der Waals surface area (Å²) >= 11 is 5.19. The number of hydrogen-bond donors (Lipinski definition) is 1. The van der Waals surface area contributed by atoms with Gasteiger partial charge in [-0.05, 0) is 61.7 Å². The number of nitrogens with two attached hydrogens (primary N) is 1. The molecule has 19 heavy (non-hydrogen) atoms. The Morgan fingerprint density at radius 2 is 2.00 bits per heavy atom. The van der Waals surface area contributed by atoms with Gasteiger partial charge in [0.05, 0.1) is 22.1 Å². The van der Waals surface area contributed by atoms with Crippen molar-refractivity contribution in [2.24, 2.45) is 5.73 Å². The molecule has 4 atom stereocenters. The molecule has 0 spiro atoms. The highest BCUT2D eigenvalue weighted by Crippen LogP contribution is 2.34. The largest absolute Gasteiger partial charge is 0.375 e. The van der Waals surface area contributed by atoms with Crippen LogP contribution in [0.3, 0.4) is 0 Å². The second kappa shape index (κ2) is 6.68. The molecule has 1 aromatic rings. The summed E-state index contributed by atoms with van der Waals surface area (Å²) in [6.45, 7) is 6.22. The van der Waals surface area contributed by atoms with Crippen LogP contribution in [0.4, 0.5) is 0 Å². The average Bonchev–Trinajstić information content (AvgIpc) is 2.70. The van der Waals surface area contributed by atoms with E-state index in [0.717, 1.165) is 16.6 Å². The number of rotatable bonds is 4. The van der Waals surface area contributed by atoms with Gasteiger partial charge in [-0.2, -0.15) is 0 Å². The summed E-state index contributed by atoms with van der Waals surface area (Å²) in [5.41, 5.74) is 6.10. The fraction of sp³-hybridized carbons (Fsp3) is 0.714. The molecule has 0 saturated carbocycles. The highest BCUT2D eigenvalue weighted by molar-refractivity contribution is 9.11. The molecule has 2 rings (SSSR count). The van der Waals surface area contributed by atoms with Gasteiger partial charge < -0.3 is 15.2 Å². The highest BCUT2D eigenvalue weighted by Gasteiger charge is 2.29. The first kappa shape index (κ1) is 15.4. The normalized spacial score (nSPS) is 31.1. The van der Waals surface area contributed by atoms with E-state index in [0.29, 0.717) is 0 Å². The lowest BCUT2D eigenvalue weighted by molar-refractivity contribution is -0.125. The first-order valence-corrected chi connectivity index (χ1v) is 8.38. The molecule has 1 aliphatic rings. The lowest BCUT2D eigenvalue weighted by atomic mass is 10.0. The Morgan fingerprint density at radius 1 is 1.37 bits per heavy atom. The van der Waals surface area contributed by atoms with Crippen LogP contribution in [-0.2, 0) is 9.47 Å². The first-order valence-electron chi connectivity index (χ1n) is 6.77. The van der Waals surface area contributed by atoms with E-state index < -0.39 is 0 Å². The van der Waals surface area contributed by atoms with Gasteiger partial charge in [0.2, 0.25) is 0 Å². The van der Waals surface area contributed by atoms with Crippen molar-refractivity contribution in [3.63, 3.8) is 0 Å². The van der Waals surface area contributed by atoms with Crippen molar-refractivity contribution in [2.75, 3.05) is 0 Å². The average molecular weight is 348 g/mol. The Hall–Kier alpha value is 0.0600. The van der Waals surface area contributed by atoms with Gasteiger partial charge in [0.25, 0.3) is 0 Å². The number of ether oxygens (including phenoxy) is 2. The Morgan fingerprint density at radius 3 is 2.47 bits per heavy atom. The van der Waals surface area contributed by atoms with Crippen LogP contribution in [-0.4, -0.2) is 24.4 Å². The van der Waals surface area contributed by atoms with Gasteiger partial charge in [-0.15, -0.1) is 11.3 Å². The zero-order valence-corrected chi connectivity index (χ0v) is 14.0. The smallest absolute Gasteiger partial charge is 0.107 e. The van der Waals surface area contributed by atoms with Gasteiger partial charge in [-0.25, -0.2) is 0 Å². The molecule has 5 heteroatoms. The zero-order chi connectivity index (χ0) is 14.0. The van der Waals surface area contributed by atoms with Crippen LogP contribution in [0.25, 0.3) is 0 Å². The SMILES string of the molecule is CC1CC(OC(c2ccc(Br)s2)C(C)N)CC(C)O1. The van der Waals surface area contributed by atoms with Crippen molar-refractivity contribution in [3.8, 4) is 0 Å². The van der Waals surface area contributed by atoms with Crippen molar-refractivity contribution in [2.45, 2.75) is 64.1 Å². The summed E-state index contributed by atoms with van der Waals surface area (Å²) in [5.74, 6) is 0. The van der Waals surface area contributed by atoms with E-state index in [9.17, 15) is 0 Å². The summed E-state index contributed by atoms with van der Waals surface area (Å²) in [5, 5.41) is 0. The van der Waals surface area contributed by atoms with E-state index in [2.05, 4.69) is 35.8 Å². The van der Waals surface area contributed by atoms with Gasteiger partial charge in [0.1, 0.15) is 6.10 Å². The second-order valence-corrected chi connectivity index (χ2v) is 7.90. The maximum absolute atomic E-state index is 6.28. The lowest BCUT2D eigenvalue weighted by Crippen LogP contribution is -2.37. The number of halogens is 1. The predicted octanol–water partition coefficient (Wildman–Crippen LogP) is 3.87. The molecular weight excluding hydrogens is 326 g/mol. The molecule has 2 N–H and O–H groups in total. The summed E-state index contributed by atoms with van der Waals surface area (Å²) in [7, 11) is 0. The molecule has 1 aliphatic heterocycles. The topological polar surface area (TPSA) is 44.5 Å². The van der Waals surface area contributed by atoms with Gasteiger partial charge >= 0.3 is 0 Å². The van der Waals surface area contributed by atoms with Gasteiger partial charge in [-0.1, -0.05) is 0 Å². The molecular formula is C14H22BrNO2S. The molecule has 0 bridgehead atoms. The fourth-order valence-electron chi connectivity index (χ4n) is 2.59. The van der Waals surface area contributed by atoms with E-state index in [1.165, 1.54) is 4.88 Å². The first-order chi connectivity index (χ1) is 8.95. The van der Waals surface area contributed by atoms with E-state index in [-0.39, 0.29) is 30.5 Å². The molecule has 0 aromatic carbocycles. The molecule has 1 aromatic heterocycles. The van der Waals surface area contributed by atoms with Crippen LogP contribution in [0.15, 0.2) is 15.9 Å². The molecule has 0 aliphatic carbocycles. The van der Waals surface area contributed by atoms with Crippen molar-refractivity contribution < 1.29 is 9.47 Å². The van der Waals surface area contributed by atoms with E-state index in [1.807, 2.05) is 13.0 Å². The molecule has 3 nitrogen and oxygen atoms in total. The van der Waals surface area contributed by atoms with E-state index >= 15 is 0 Å². The molecule has 0 amide bonds. The summed E-state index contributed by atoms with van der Waals surface area (Å²) < 4.78 is 13.1. The van der Waals surface area contributed by atoms with E-state index in [1.54, 1.807) is 11.3 Å². The van der Waals surface area contributed by atoms with Crippen LogP contribution in [0.2, 0.25) is 0 Å². The number of hydrogen-bond acceptors (Lipinski definition) is 4. The maximum atomic E-state index is 6.28. The monoisotopic (exact) mass is 347 g/mol. The zero-order valence-electron chi connectivity index (χ0n) is 11.6. The highest BCUT2D eigenvalue weighted by atomic mass is 79.9. The van der Waals surface area contributed by atoms with Gasteiger partial charge in [-0.3, -0.25) is 0 Å². The van der Waals surface area contributed by atoms with Crippen LogP contribution in [0, 0.1) is 0 Å². The van der Waals surface area contributed by atoms with Crippen LogP contribution in [0.1, 0.15) is 44.6 Å². The predicted molar refractivity (Wildman–Crippen MR) is 82.5 cm³/mol. The van der Waals surface area contributed by atoms with Gasteiger partial charge in [0.15, 0.2) is 0 Å². The molecule has 1 saturated heterocycles. The fourth-order valence-corrected chi connectivity index (χ4v) is 4.17. The standard InChI is InChI=1S/C14H22BrNO2S/c1-8-6-11(7-9(2)17-8)18-14(10(3)16)12-4-5-13(15)19-12/h4-5,8-11,14H,6-7,16H2,1-3H3. The van der Waals surface area contributed by atoms with Crippen molar-refractivity contribution in [1.29, 1.82) is 0 Å². The van der Waals surface area contributed by atoms with Crippen molar-refractivity contribution >= 4 is 27.3 Å². The minimum absolute atomic E-state index is 0.0148. The molecule has 2 heterocycles. The molecule has 0 radical (unpaired) electrons. The molecule has 108 valence electrons. The quantitative estimate of drug-likeness (QED) is 0.898. The Kier molecular flexibility index (Phi) is 5.43. The second-order valence-electron chi connectivity index (χ2n) is 5.41. The Bertz CT molecular complexity index is 400. The van der Waals surface area contributed by atoms with Crippen LogP contribution < -0.4 is 5.73 Å². The summed E-state index contributed by atoms with van der Waals surface area (Å²) in [4.78, 5) is 1.19. The van der Waals surface area contributed by atoms with Gasteiger partial charge in [0, 0.05) is 10.9 Å². The summed E-state index contributed by atoms with van der Waals surface area (Å²) in [6, 6.07) is 4.13. The van der Waals surface area contributed by atoms with E-state index in [4.69, 9.17) is 15.2 Å². The van der Waals surface area contributed by atoms with Crippen LogP contribution >= 0.6 is 27.3 Å². The summed E-state index contributed by atoms with van der Waals surface area (Å²) in [6.07, 6.45) is 2.62. The minimum atomic E-state index is -0.0289. The van der Waals surface area contributed by atoms with Crippen LogP contribution in [0.5, 0.6) is 0 Å². The Balaban J connectivity index is 2.04. The third kappa shape index (κ3) is 4.26. The maximum Gasteiger partial charge on any atom is 0.107 e. The Labute approximate surface area is 127 Å². The third-order valence-electron chi connectivity index (χ3n) is 3.35. The molecule has 4 unspecified atom stereocenters. The lowest BCUT2D eigenvalue weighted by Gasteiger charge is -2.35. The number of thiophene rings is 1. The van der Waals surface area contributed by atoms with Crippen molar-refractivity contribution in [3.05, 3.63) is 20.8 Å². The van der Waals surface area contributed by atoms with Crippen molar-refractivity contribution in [1.82, 2.24) is 0 Å². The third-order valence-corrected chi connectivity index (χ3v) is 5.03. The molecule has 1 fully saturated rings. The minimum Gasteiger partial charge on any atom is -0.375 e.